The van der Waals surface area contributed by atoms with Crippen LogP contribution >= 0.6 is 0 Å². The van der Waals surface area contributed by atoms with Crippen LogP contribution in [0.2, 0.25) is 0 Å². The van der Waals surface area contributed by atoms with E-state index in [1.54, 1.807) is 6.20 Å². The Kier molecular flexibility index (Phi) is 4.66. The number of alkyl carbamates (subject to hydrolysis) is 1. The second-order valence-electron chi connectivity index (χ2n) is 8.05. The second-order valence-corrected chi connectivity index (χ2v) is 8.05. The number of amides is 1. The monoisotopic (exact) mass is 379 g/mol. The molecule has 1 aliphatic heterocycles. The standard InChI is InChI=1S/C21H25N5O2/c1-21(2,3)28-20(27)23-16-9-11-25(14-16)19-18-13-17(15-7-5-4-6-8-15)24-26(18)12-10-22-19/h4-8,10,12-13,16H,9,11,14H2,1-3H3,(H,23,27)/t16-/m0/s1. The van der Waals surface area contributed by atoms with Crippen LogP contribution in [0, 0.1) is 0 Å². The van der Waals surface area contributed by atoms with E-state index in [1.807, 2.05) is 61.8 Å². The summed E-state index contributed by atoms with van der Waals surface area (Å²) in [5.74, 6) is 0.880. The van der Waals surface area contributed by atoms with Gasteiger partial charge in [-0.05, 0) is 33.3 Å². The average molecular weight is 379 g/mol. The van der Waals surface area contributed by atoms with Crippen molar-refractivity contribution < 1.29 is 9.53 Å². The molecular formula is C21H25N5O2. The van der Waals surface area contributed by atoms with E-state index in [4.69, 9.17) is 4.74 Å². The van der Waals surface area contributed by atoms with E-state index in [1.165, 1.54) is 0 Å². The van der Waals surface area contributed by atoms with Gasteiger partial charge in [-0.25, -0.2) is 14.3 Å². The highest BCUT2D eigenvalue weighted by Gasteiger charge is 2.28. The molecule has 7 nitrogen and oxygen atoms in total. The number of ether oxygens (including phenoxy) is 1. The molecule has 0 spiro atoms. The molecule has 3 aromatic rings. The average Bonchev–Trinajstić information content (AvgIpc) is 3.27. The molecule has 3 heterocycles. The fourth-order valence-corrected chi connectivity index (χ4v) is 3.45. The zero-order valence-electron chi connectivity index (χ0n) is 16.4. The summed E-state index contributed by atoms with van der Waals surface area (Å²) in [5, 5.41) is 7.64. The summed E-state index contributed by atoms with van der Waals surface area (Å²) < 4.78 is 7.23. The Morgan fingerprint density at radius 3 is 2.79 bits per heavy atom. The third-order valence-corrected chi connectivity index (χ3v) is 4.65. The van der Waals surface area contributed by atoms with E-state index in [2.05, 4.69) is 26.4 Å². The lowest BCUT2D eigenvalue weighted by atomic mass is 10.1. The fourth-order valence-electron chi connectivity index (χ4n) is 3.45. The Bertz CT molecular complexity index is 977. The third-order valence-electron chi connectivity index (χ3n) is 4.65. The molecule has 0 saturated carbocycles. The van der Waals surface area contributed by atoms with Crippen LogP contribution in [-0.4, -0.2) is 45.4 Å². The number of anilines is 1. The van der Waals surface area contributed by atoms with Gasteiger partial charge in [-0.1, -0.05) is 30.3 Å². The summed E-state index contributed by atoms with van der Waals surface area (Å²) in [4.78, 5) is 18.8. The van der Waals surface area contributed by atoms with E-state index >= 15 is 0 Å². The van der Waals surface area contributed by atoms with Crippen molar-refractivity contribution in [2.24, 2.45) is 0 Å². The topological polar surface area (TPSA) is 71.8 Å². The first kappa shape index (κ1) is 18.3. The zero-order valence-corrected chi connectivity index (χ0v) is 16.4. The van der Waals surface area contributed by atoms with E-state index < -0.39 is 5.60 Å². The molecule has 0 unspecified atom stereocenters. The summed E-state index contributed by atoms with van der Waals surface area (Å²) >= 11 is 0. The normalized spacial score (nSPS) is 17.1. The van der Waals surface area contributed by atoms with Gasteiger partial charge in [0, 0.05) is 31.0 Å². The number of rotatable bonds is 3. The summed E-state index contributed by atoms with van der Waals surface area (Å²) in [6.45, 7) is 7.10. The molecule has 1 N–H and O–H groups in total. The van der Waals surface area contributed by atoms with Crippen molar-refractivity contribution in [3.63, 3.8) is 0 Å². The van der Waals surface area contributed by atoms with Gasteiger partial charge in [0.25, 0.3) is 0 Å². The minimum Gasteiger partial charge on any atom is -0.444 e. The van der Waals surface area contributed by atoms with E-state index in [-0.39, 0.29) is 12.1 Å². The summed E-state index contributed by atoms with van der Waals surface area (Å²) in [5.41, 5.74) is 2.45. The molecule has 7 heteroatoms. The van der Waals surface area contributed by atoms with Gasteiger partial charge in [-0.15, -0.1) is 0 Å². The molecule has 4 rings (SSSR count). The van der Waals surface area contributed by atoms with Crippen LogP contribution in [0.4, 0.5) is 10.6 Å². The molecule has 28 heavy (non-hydrogen) atoms. The van der Waals surface area contributed by atoms with Crippen LogP contribution < -0.4 is 10.2 Å². The van der Waals surface area contributed by atoms with Gasteiger partial charge < -0.3 is 15.0 Å². The minimum atomic E-state index is -0.499. The van der Waals surface area contributed by atoms with Crippen LogP contribution in [-0.2, 0) is 4.74 Å². The maximum atomic E-state index is 12.0. The lowest BCUT2D eigenvalue weighted by Crippen LogP contribution is -2.40. The lowest BCUT2D eigenvalue weighted by molar-refractivity contribution is 0.0509. The molecule has 1 amide bonds. The summed E-state index contributed by atoms with van der Waals surface area (Å²) in [6.07, 6.45) is 4.10. The number of hydrogen-bond donors (Lipinski definition) is 1. The number of aromatic nitrogens is 3. The molecular weight excluding hydrogens is 354 g/mol. The number of carbonyl (C=O) groups excluding carboxylic acids is 1. The van der Waals surface area contributed by atoms with E-state index in [0.717, 1.165) is 35.6 Å². The first-order valence-corrected chi connectivity index (χ1v) is 9.53. The van der Waals surface area contributed by atoms with Crippen molar-refractivity contribution >= 4 is 17.4 Å². The molecule has 1 aromatic carbocycles. The maximum absolute atomic E-state index is 12.0. The van der Waals surface area contributed by atoms with Gasteiger partial charge in [-0.3, -0.25) is 0 Å². The number of hydrogen-bond acceptors (Lipinski definition) is 5. The highest BCUT2D eigenvalue weighted by atomic mass is 16.6. The van der Waals surface area contributed by atoms with Crippen molar-refractivity contribution in [3.05, 3.63) is 48.8 Å². The number of benzene rings is 1. The number of fused-ring (bicyclic) bond motifs is 1. The predicted octanol–water partition coefficient (Wildman–Crippen LogP) is 3.50. The van der Waals surface area contributed by atoms with Crippen LogP contribution in [0.25, 0.3) is 16.8 Å². The van der Waals surface area contributed by atoms with Gasteiger partial charge in [0.15, 0.2) is 5.82 Å². The van der Waals surface area contributed by atoms with Crippen LogP contribution in [0.1, 0.15) is 27.2 Å². The van der Waals surface area contributed by atoms with Crippen molar-refractivity contribution in [1.29, 1.82) is 0 Å². The van der Waals surface area contributed by atoms with Gasteiger partial charge in [0.05, 0.1) is 11.7 Å². The van der Waals surface area contributed by atoms with Crippen LogP contribution in [0.15, 0.2) is 48.8 Å². The first-order chi connectivity index (χ1) is 13.4. The Labute approximate surface area is 164 Å². The fraction of sp³-hybridized carbons (Fsp3) is 0.381. The largest absolute Gasteiger partial charge is 0.444 e. The zero-order chi connectivity index (χ0) is 19.7. The molecule has 0 bridgehead atoms. The quantitative estimate of drug-likeness (QED) is 0.754. The Balaban J connectivity index is 1.52. The minimum absolute atomic E-state index is 0.0356. The van der Waals surface area contributed by atoms with Crippen molar-refractivity contribution in [3.8, 4) is 11.3 Å². The maximum Gasteiger partial charge on any atom is 0.407 e. The Morgan fingerprint density at radius 2 is 2.04 bits per heavy atom. The Hall–Kier alpha value is -3.09. The van der Waals surface area contributed by atoms with E-state index in [0.29, 0.717) is 6.54 Å². The predicted molar refractivity (Wildman–Crippen MR) is 108 cm³/mol. The second kappa shape index (κ2) is 7.14. The van der Waals surface area contributed by atoms with E-state index in [9.17, 15) is 4.79 Å². The smallest absolute Gasteiger partial charge is 0.407 e. The molecule has 1 fully saturated rings. The number of carbonyl (C=O) groups is 1. The SMILES string of the molecule is CC(C)(C)OC(=O)N[C@H]1CCN(c2nccn3nc(-c4ccccc4)cc23)C1. The Morgan fingerprint density at radius 1 is 1.25 bits per heavy atom. The molecule has 1 atom stereocenters. The van der Waals surface area contributed by atoms with Crippen molar-refractivity contribution in [1.82, 2.24) is 19.9 Å². The van der Waals surface area contributed by atoms with Gasteiger partial charge >= 0.3 is 6.09 Å². The highest BCUT2D eigenvalue weighted by Crippen LogP contribution is 2.27. The molecule has 146 valence electrons. The van der Waals surface area contributed by atoms with Gasteiger partial charge in [-0.2, -0.15) is 5.10 Å². The molecule has 0 aliphatic carbocycles. The molecule has 2 aromatic heterocycles. The molecule has 0 radical (unpaired) electrons. The van der Waals surface area contributed by atoms with Gasteiger partial charge in [0.2, 0.25) is 0 Å². The first-order valence-electron chi connectivity index (χ1n) is 9.53. The summed E-state index contributed by atoms with van der Waals surface area (Å²) in [6, 6.07) is 12.2. The highest BCUT2D eigenvalue weighted by molar-refractivity contribution is 5.75. The van der Waals surface area contributed by atoms with Crippen molar-refractivity contribution in [2.75, 3.05) is 18.0 Å². The molecule has 1 aliphatic rings. The number of nitrogens with one attached hydrogen (secondary N) is 1. The summed E-state index contributed by atoms with van der Waals surface area (Å²) in [7, 11) is 0. The van der Waals surface area contributed by atoms with Gasteiger partial charge in [0.1, 0.15) is 11.1 Å². The van der Waals surface area contributed by atoms with Crippen molar-refractivity contribution in [2.45, 2.75) is 38.8 Å². The van der Waals surface area contributed by atoms with Crippen LogP contribution in [0.3, 0.4) is 0 Å². The lowest BCUT2D eigenvalue weighted by Gasteiger charge is -2.22. The third kappa shape index (κ3) is 3.93. The number of nitrogens with zero attached hydrogens (tertiary/aromatic N) is 4. The van der Waals surface area contributed by atoms with Crippen LogP contribution in [0.5, 0.6) is 0 Å². The molecule has 1 saturated heterocycles.